The fraction of sp³-hybridized carbons (Fsp3) is 0.591. The van der Waals surface area contributed by atoms with Crippen LogP contribution in [-0.4, -0.2) is 64.5 Å². The largest absolute Gasteiger partial charge is 0.376 e. The Balaban J connectivity index is 1.39. The molecule has 1 unspecified atom stereocenters. The highest BCUT2D eigenvalue weighted by atomic mass is 19.1. The molecule has 0 saturated carbocycles. The summed E-state index contributed by atoms with van der Waals surface area (Å²) in [7, 11) is 0. The summed E-state index contributed by atoms with van der Waals surface area (Å²) in [5.41, 5.74) is 0.712. The van der Waals surface area contributed by atoms with Crippen molar-refractivity contribution in [1.82, 2.24) is 19.7 Å². The molecule has 2 aromatic rings. The van der Waals surface area contributed by atoms with Crippen LogP contribution in [0.1, 0.15) is 37.1 Å². The van der Waals surface area contributed by atoms with Gasteiger partial charge in [0.2, 0.25) is 11.9 Å². The first-order valence-electron chi connectivity index (χ1n) is 10.9. The highest BCUT2D eigenvalue weighted by molar-refractivity contribution is 5.78. The second-order valence-corrected chi connectivity index (χ2v) is 8.17. The highest BCUT2D eigenvalue weighted by Crippen LogP contribution is 2.21. The van der Waals surface area contributed by atoms with E-state index in [0.717, 1.165) is 50.7 Å². The van der Waals surface area contributed by atoms with E-state index in [2.05, 4.69) is 19.7 Å². The third kappa shape index (κ3) is 4.98. The number of anilines is 1. The van der Waals surface area contributed by atoms with E-state index in [-0.39, 0.29) is 24.2 Å². The van der Waals surface area contributed by atoms with Crippen LogP contribution in [0.4, 0.5) is 10.3 Å². The van der Waals surface area contributed by atoms with Gasteiger partial charge < -0.3 is 14.5 Å². The Morgan fingerprint density at radius 3 is 2.87 bits per heavy atom. The summed E-state index contributed by atoms with van der Waals surface area (Å²) < 4.78 is 21.5. The smallest absolute Gasteiger partial charge is 0.227 e. The lowest BCUT2D eigenvalue weighted by Gasteiger charge is -2.27. The highest BCUT2D eigenvalue weighted by Gasteiger charge is 2.25. The summed E-state index contributed by atoms with van der Waals surface area (Å²) >= 11 is 0. The number of aryl methyl sites for hydroxylation is 1. The number of carbonyl (C=O) groups excluding carboxylic acids is 1. The van der Waals surface area contributed by atoms with Crippen LogP contribution in [0.2, 0.25) is 0 Å². The van der Waals surface area contributed by atoms with Crippen molar-refractivity contribution in [2.45, 2.75) is 51.7 Å². The zero-order valence-corrected chi connectivity index (χ0v) is 17.6. The van der Waals surface area contributed by atoms with Gasteiger partial charge >= 0.3 is 0 Å². The topological polar surface area (TPSA) is 63.5 Å². The fourth-order valence-electron chi connectivity index (χ4n) is 4.27. The molecule has 30 heavy (non-hydrogen) atoms. The number of carbonyl (C=O) groups is 1. The predicted octanol–water partition coefficient (Wildman–Crippen LogP) is 2.58. The first-order chi connectivity index (χ1) is 14.6. The molecule has 0 spiro atoms. The molecule has 0 bridgehead atoms. The van der Waals surface area contributed by atoms with Gasteiger partial charge in [-0.2, -0.15) is 0 Å². The first-order valence-corrected chi connectivity index (χ1v) is 10.9. The molecule has 2 aliphatic rings. The molecule has 0 N–H and O–H groups in total. The van der Waals surface area contributed by atoms with Crippen LogP contribution >= 0.6 is 0 Å². The van der Waals surface area contributed by atoms with Gasteiger partial charge in [0.05, 0.1) is 19.1 Å². The van der Waals surface area contributed by atoms with Gasteiger partial charge in [-0.05, 0) is 50.3 Å². The van der Waals surface area contributed by atoms with Gasteiger partial charge in [-0.15, -0.1) is 10.2 Å². The monoisotopic (exact) mass is 415 g/mol. The molecule has 1 atom stereocenters. The molecule has 4 rings (SSSR count). The van der Waals surface area contributed by atoms with E-state index in [4.69, 9.17) is 4.74 Å². The molecule has 7 nitrogen and oxygen atoms in total. The minimum atomic E-state index is -0.306. The summed E-state index contributed by atoms with van der Waals surface area (Å²) in [6, 6.07) is 6.27. The van der Waals surface area contributed by atoms with Crippen LogP contribution in [0.25, 0.3) is 0 Å². The van der Waals surface area contributed by atoms with Crippen molar-refractivity contribution in [3.63, 3.8) is 0 Å². The number of hydrogen-bond donors (Lipinski definition) is 0. The number of ether oxygens (including phenoxy) is 1. The molecule has 0 radical (unpaired) electrons. The zero-order chi connectivity index (χ0) is 20.9. The van der Waals surface area contributed by atoms with Crippen LogP contribution in [0.5, 0.6) is 0 Å². The fourth-order valence-corrected chi connectivity index (χ4v) is 4.27. The maximum atomic E-state index is 13.4. The van der Waals surface area contributed by atoms with Crippen molar-refractivity contribution in [2.24, 2.45) is 0 Å². The standard InChI is InChI=1S/C22H30FN5O2/c1-17-24-25-22(28(17)16-20-8-2-3-13-30-20)27-10-5-9-26(11-12-27)21(29)15-18-6-4-7-19(23)14-18/h4,6-7,14,20H,2-3,5,8-13,15-16H2,1H3. The maximum absolute atomic E-state index is 13.4. The van der Waals surface area contributed by atoms with Crippen LogP contribution in [-0.2, 0) is 22.5 Å². The van der Waals surface area contributed by atoms with Crippen LogP contribution in [0, 0.1) is 12.7 Å². The Kier molecular flexibility index (Phi) is 6.62. The Morgan fingerprint density at radius 1 is 1.17 bits per heavy atom. The summed E-state index contributed by atoms with van der Waals surface area (Å²) in [5, 5.41) is 8.74. The molecule has 1 aromatic heterocycles. The van der Waals surface area contributed by atoms with E-state index < -0.39 is 0 Å². The molecule has 8 heteroatoms. The summed E-state index contributed by atoms with van der Waals surface area (Å²) in [6.45, 7) is 6.43. The van der Waals surface area contributed by atoms with Crippen molar-refractivity contribution < 1.29 is 13.9 Å². The van der Waals surface area contributed by atoms with Gasteiger partial charge in [-0.1, -0.05) is 12.1 Å². The second kappa shape index (κ2) is 9.55. The van der Waals surface area contributed by atoms with E-state index in [9.17, 15) is 9.18 Å². The number of rotatable bonds is 5. The number of benzene rings is 1. The number of nitrogens with zero attached hydrogens (tertiary/aromatic N) is 5. The Hall–Kier alpha value is -2.48. The zero-order valence-electron chi connectivity index (χ0n) is 17.6. The minimum Gasteiger partial charge on any atom is -0.376 e. The van der Waals surface area contributed by atoms with Crippen molar-refractivity contribution in [3.8, 4) is 0 Å². The average molecular weight is 416 g/mol. The molecule has 0 aliphatic carbocycles. The van der Waals surface area contributed by atoms with E-state index >= 15 is 0 Å². The quantitative estimate of drug-likeness (QED) is 0.751. The average Bonchev–Trinajstić information content (AvgIpc) is 2.95. The normalized spacial score (nSPS) is 20.3. The van der Waals surface area contributed by atoms with Crippen molar-refractivity contribution in [2.75, 3.05) is 37.7 Å². The van der Waals surface area contributed by atoms with Crippen molar-refractivity contribution in [3.05, 3.63) is 41.5 Å². The number of amides is 1. The van der Waals surface area contributed by atoms with Gasteiger partial charge in [0, 0.05) is 32.8 Å². The lowest BCUT2D eigenvalue weighted by atomic mass is 10.1. The summed E-state index contributed by atoms with van der Waals surface area (Å²) in [6.07, 6.45) is 4.71. The van der Waals surface area contributed by atoms with E-state index in [1.165, 1.54) is 18.6 Å². The summed E-state index contributed by atoms with van der Waals surface area (Å²) in [5.74, 6) is 1.48. The van der Waals surface area contributed by atoms with Crippen molar-refractivity contribution >= 4 is 11.9 Å². The van der Waals surface area contributed by atoms with Crippen LogP contribution in [0.15, 0.2) is 24.3 Å². The van der Waals surface area contributed by atoms with E-state index in [1.807, 2.05) is 11.8 Å². The SMILES string of the molecule is Cc1nnc(N2CCCN(C(=O)Cc3cccc(F)c3)CC2)n1CC1CCCCO1. The van der Waals surface area contributed by atoms with E-state index in [1.54, 1.807) is 12.1 Å². The molecular weight excluding hydrogens is 385 g/mol. The Labute approximate surface area is 176 Å². The molecule has 2 aliphatic heterocycles. The van der Waals surface area contributed by atoms with Gasteiger partial charge in [-0.25, -0.2) is 4.39 Å². The molecule has 162 valence electrons. The third-order valence-electron chi connectivity index (χ3n) is 5.95. The molecule has 2 fully saturated rings. The summed E-state index contributed by atoms with van der Waals surface area (Å²) in [4.78, 5) is 16.8. The van der Waals surface area contributed by atoms with Crippen molar-refractivity contribution in [1.29, 1.82) is 0 Å². The van der Waals surface area contributed by atoms with E-state index in [0.29, 0.717) is 25.2 Å². The molecular formula is C22H30FN5O2. The lowest BCUT2D eigenvalue weighted by Crippen LogP contribution is -2.37. The van der Waals surface area contributed by atoms with Gasteiger partial charge in [0.25, 0.3) is 0 Å². The third-order valence-corrected chi connectivity index (χ3v) is 5.95. The Bertz CT molecular complexity index is 865. The number of halogens is 1. The second-order valence-electron chi connectivity index (χ2n) is 8.17. The molecule has 3 heterocycles. The maximum Gasteiger partial charge on any atom is 0.227 e. The number of hydrogen-bond acceptors (Lipinski definition) is 5. The Morgan fingerprint density at radius 2 is 2.07 bits per heavy atom. The predicted molar refractivity (Wildman–Crippen MR) is 112 cm³/mol. The van der Waals surface area contributed by atoms with Crippen LogP contribution in [0.3, 0.4) is 0 Å². The molecule has 1 amide bonds. The lowest BCUT2D eigenvalue weighted by molar-refractivity contribution is -0.130. The molecule has 1 aromatic carbocycles. The van der Waals surface area contributed by atoms with Gasteiger partial charge in [0.15, 0.2) is 0 Å². The molecule has 2 saturated heterocycles. The van der Waals surface area contributed by atoms with Crippen LogP contribution < -0.4 is 4.90 Å². The van der Waals surface area contributed by atoms with Gasteiger partial charge in [-0.3, -0.25) is 9.36 Å². The minimum absolute atomic E-state index is 0.0377. The number of aromatic nitrogens is 3. The van der Waals surface area contributed by atoms with Gasteiger partial charge in [0.1, 0.15) is 11.6 Å². The first kappa shape index (κ1) is 20.8.